The molecular weight excluding hydrogens is 342 g/mol. The molecule has 3 aromatic rings. The summed E-state index contributed by atoms with van der Waals surface area (Å²) >= 11 is 6.15. The quantitative estimate of drug-likeness (QED) is 0.560. The van der Waals surface area contributed by atoms with Gasteiger partial charge >= 0.3 is 5.69 Å². The van der Waals surface area contributed by atoms with E-state index >= 15 is 0 Å². The molecule has 25 heavy (non-hydrogen) atoms. The van der Waals surface area contributed by atoms with Crippen LogP contribution in [0.15, 0.2) is 36.4 Å². The summed E-state index contributed by atoms with van der Waals surface area (Å²) in [6.45, 7) is 1.55. The van der Waals surface area contributed by atoms with Crippen molar-refractivity contribution in [2.45, 2.75) is 13.0 Å². The molecule has 1 N–H and O–H groups in total. The summed E-state index contributed by atoms with van der Waals surface area (Å²) in [6, 6.07) is 10.8. The maximum atomic E-state index is 11.1. The fourth-order valence-corrected chi connectivity index (χ4v) is 3.59. The number of anilines is 1. The van der Waals surface area contributed by atoms with Gasteiger partial charge in [-0.05, 0) is 24.3 Å². The molecule has 0 fully saturated rings. The Kier molecular flexibility index (Phi) is 3.77. The lowest BCUT2D eigenvalue weighted by atomic mass is 10.0. The number of H-pyrrole nitrogens is 1. The van der Waals surface area contributed by atoms with Crippen molar-refractivity contribution < 1.29 is 9.66 Å². The summed E-state index contributed by atoms with van der Waals surface area (Å²) in [6.07, 6.45) is 0.876. The first kappa shape index (κ1) is 15.8. The van der Waals surface area contributed by atoms with E-state index in [1.54, 1.807) is 12.1 Å². The Bertz CT molecular complexity index is 983. The number of rotatable bonds is 3. The molecule has 1 aliphatic rings. The van der Waals surface area contributed by atoms with Crippen LogP contribution in [0.2, 0.25) is 5.02 Å². The van der Waals surface area contributed by atoms with Crippen LogP contribution in [0.25, 0.3) is 10.9 Å². The molecule has 0 amide bonds. The molecule has 1 aliphatic heterocycles. The molecule has 4 rings (SSSR count). The third kappa shape index (κ3) is 2.68. The molecule has 0 radical (unpaired) electrons. The molecule has 0 saturated carbocycles. The molecule has 0 unspecified atom stereocenters. The summed E-state index contributed by atoms with van der Waals surface area (Å²) in [5, 5.41) is 12.9. The molecule has 1 aromatic heterocycles. The maximum Gasteiger partial charge on any atom is 0.311 e. The first-order chi connectivity index (χ1) is 12.1. The molecule has 2 aromatic carbocycles. The van der Waals surface area contributed by atoms with E-state index in [1.165, 1.54) is 24.4 Å². The van der Waals surface area contributed by atoms with Crippen molar-refractivity contribution >= 4 is 33.9 Å². The van der Waals surface area contributed by atoms with Gasteiger partial charge in [-0.1, -0.05) is 11.6 Å². The van der Waals surface area contributed by atoms with E-state index in [1.807, 2.05) is 18.2 Å². The Balaban J connectivity index is 1.71. The van der Waals surface area contributed by atoms with Gasteiger partial charge in [-0.15, -0.1) is 0 Å². The molecule has 2 heterocycles. The van der Waals surface area contributed by atoms with E-state index in [-0.39, 0.29) is 11.4 Å². The zero-order valence-electron chi connectivity index (χ0n) is 13.6. The van der Waals surface area contributed by atoms with Crippen molar-refractivity contribution in [2.75, 3.05) is 18.6 Å². The van der Waals surface area contributed by atoms with Gasteiger partial charge in [0.1, 0.15) is 0 Å². The number of hydrogen-bond acceptors (Lipinski definition) is 4. The number of methoxy groups -OCH3 is 1. The van der Waals surface area contributed by atoms with Crippen molar-refractivity contribution in [3.63, 3.8) is 0 Å². The standard InChI is InChI=1S/C18H16ClN3O3/c1-25-18-9-12(3-5-17(18)22(23)24)21-7-6-16-14(10-21)13-8-11(19)2-4-15(13)20-16/h2-5,8-9,20H,6-7,10H2,1H3. The average molecular weight is 358 g/mol. The molecule has 0 atom stereocenters. The smallest absolute Gasteiger partial charge is 0.311 e. The topological polar surface area (TPSA) is 71.4 Å². The van der Waals surface area contributed by atoms with E-state index in [0.29, 0.717) is 5.02 Å². The van der Waals surface area contributed by atoms with Crippen molar-refractivity contribution in [1.29, 1.82) is 0 Å². The van der Waals surface area contributed by atoms with E-state index in [4.69, 9.17) is 16.3 Å². The van der Waals surface area contributed by atoms with Crippen LogP contribution in [-0.4, -0.2) is 23.6 Å². The number of halogens is 1. The fourth-order valence-electron chi connectivity index (χ4n) is 3.42. The predicted octanol–water partition coefficient (Wildman–Crippen LogP) is 4.30. The summed E-state index contributed by atoms with van der Waals surface area (Å²) in [4.78, 5) is 16.3. The third-order valence-electron chi connectivity index (χ3n) is 4.66. The summed E-state index contributed by atoms with van der Waals surface area (Å²) in [5.74, 6) is 0.273. The van der Waals surface area contributed by atoms with Gasteiger partial charge in [0.15, 0.2) is 5.75 Å². The third-order valence-corrected chi connectivity index (χ3v) is 4.90. The van der Waals surface area contributed by atoms with Gasteiger partial charge in [0.25, 0.3) is 0 Å². The van der Waals surface area contributed by atoms with Gasteiger partial charge in [0, 0.05) is 64.5 Å². The number of nitrogens with one attached hydrogen (secondary N) is 1. The number of hydrogen-bond donors (Lipinski definition) is 1. The molecule has 128 valence electrons. The molecular formula is C18H16ClN3O3. The lowest BCUT2D eigenvalue weighted by molar-refractivity contribution is -0.385. The minimum absolute atomic E-state index is 0.0252. The van der Waals surface area contributed by atoms with Crippen LogP contribution in [0.1, 0.15) is 11.3 Å². The van der Waals surface area contributed by atoms with Crippen LogP contribution in [-0.2, 0) is 13.0 Å². The zero-order chi connectivity index (χ0) is 17.6. The Morgan fingerprint density at radius 1 is 1.28 bits per heavy atom. The van der Waals surface area contributed by atoms with E-state index in [0.717, 1.165) is 36.1 Å². The predicted molar refractivity (Wildman–Crippen MR) is 97.7 cm³/mol. The van der Waals surface area contributed by atoms with Gasteiger partial charge in [0.2, 0.25) is 0 Å². The average Bonchev–Trinajstić information content (AvgIpc) is 2.98. The van der Waals surface area contributed by atoms with Crippen molar-refractivity contribution in [3.8, 4) is 5.75 Å². The van der Waals surface area contributed by atoms with Gasteiger partial charge in [-0.2, -0.15) is 0 Å². The highest BCUT2D eigenvalue weighted by Crippen LogP contribution is 2.35. The number of fused-ring (bicyclic) bond motifs is 3. The van der Waals surface area contributed by atoms with Crippen LogP contribution in [0.4, 0.5) is 11.4 Å². The first-order valence-corrected chi connectivity index (χ1v) is 8.31. The number of nitrogens with zero attached hydrogens (tertiary/aromatic N) is 2. The lowest BCUT2D eigenvalue weighted by Gasteiger charge is -2.29. The summed E-state index contributed by atoms with van der Waals surface area (Å²) < 4.78 is 5.19. The highest BCUT2D eigenvalue weighted by molar-refractivity contribution is 6.31. The number of ether oxygens (including phenoxy) is 1. The lowest BCUT2D eigenvalue weighted by Crippen LogP contribution is -2.30. The molecule has 0 spiro atoms. The number of aromatic nitrogens is 1. The molecule has 0 saturated heterocycles. The molecule has 7 heteroatoms. The van der Waals surface area contributed by atoms with Crippen LogP contribution >= 0.6 is 11.6 Å². The van der Waals surface area contributed by atoms with Gasteiger partial charge in [-0.25, -0.2) is 0 Å². The van der Waals surface area contributed by atoms with Crippen molar-refractivity contribution in [1.82, 2.24) is 4.98 Å². The molecule has 6 nitrogen and oxygen atoms in total. The van der Waals surface area contributed by atoms with Gasteiger partial charge in [-0.3, -0.25) is 10.1 Å². The Labute approximate surface area is 149 Å². The second-order valence-electron chi connectivity index (χ2n) is 6.06. The van der Waals surface area contributed by atoms with Crippen LogP contribution in [0.5, 0.6) is 5.75 Å². The van der Waals surface area contributed by atoms with Crippen molar-refractivity contribution in [2.24, 2.45) is 0 Å². The van der Waals surface area contributed by atoms with Gasteiger partial charge < -0.3 is 14.6 Å². The zero-order valence-corrected chi connectivity index (χ0v) is 14.3. The van der Waals surface area contributed by atoms with Crippen LogP contribution < -0.4 is 9.64 Å². The number of benzene rings is 2. The second-order valence-corrected chi connectivity index (χ2v) is 6.49. The Morgan fingerprint density at radius 3 is 2.88 bits per heavy atom. The van der Waals surface area contributed by atoms with E-state index < -0.39 is 4.92 Å². The normalized spacial score (nSPS) is 13.8. The fraction of sp³-hybridized carbons (Fsp3) is 0.222. The summed E-state index contributed by atoms with van der Waals surface area (Å²) in [5.41, 5.74) is 4.41. The minimum atomic E-state index is -0.432. The van der Waals surface area contributed by atoms with E-state index in [2.05, 4.69) is 9.88 Å². The molecule has 0 aliphatic carbocycles. The van der Waals surface area contributed by atoms with E-state index in [9.17, 15) is 10.1 Å². The minimum Gasteiger partial charge on any atom is -0.490 e. The molecule has 0 bridgehead atoms. The van der Waals surface area contributed by atoms with Crippen LogP contribution in [0.3, 0.4) is 0 Å². The number of aromatic amines is 1. The highest BCUT2D eigenvalue weighted by atomic mass is 35.5. The Hall–Kier alpha value is -2.73. The van der Waals surface area contributed by atoms with Crippen LogP contribution in [0, 0.1) is 10.1 Å². The highest BCUT2D eigenvalue weighted by Gasteiger charge is 2.23. The van der Waals surface area contributed by atoms with Crippen molar-refractivity contribution in [3.05, 3.63) is 62.8 Å². The van der Waals surface area contributed by atoms with Gasteiger partial charge in [0.05, 0.1) is 12.0 Å². The largest absolute Gasteiger partial charge is 0.490 e. The number of nitro benzene ring substituents is 1. The first-order valence-electron chi connectivity index (χ1n) is 7.93. The second kappa shape index (κ2) is 5.97. The SMILES string of the molecule is COc1cc(N2CCc3[nH]c4ccc(Cl)cc4c3C2)ccc1[N+](=O)[O-]. The Morgan fingerprint density at radius 2 is 2.12 bits per heavy atom. The number of nitro groups is 1. The monoisotopic (exact) mass is 357 g/mol. The summed E-state index contributed by atoms with van der Waals surface area (Å²) in [7, 11) is 1.45. The maximum absolute atomic E-state index is 11.1.